The summed E-state index contributed by atoms with van der Waals surface area (Å²) in [5, 5.41) is 5.81. The lowest BCUT2D eigenvalue weighted by Gasteiger charge is -2.11. The molecule has 0 spiro atoms. The zero-order valence-corrected chi connectivity index (χ0v) is 18.8. The van der Waals surface area contributed by atoms with Gasteiger partial charge >= 0.3 is 6.18 Å². The molecule has 1 aromatic carbocycles. The fourth-order valence-corrected chi connectivity index (χ4v) is 4.71. The highest BCUT2D eigenvalue weighted by Gasteiger charge is 2.30. The van der Waals surface area contributed by atoms with Crippen LogP contribution in [0.5, 0.6) is 0 Å². The first kappa shape index (κ1) is 22.4. The second kappa shape index (κ2) is 9.11. The van der Waals surface area contributed by atoms with Gasteiger partial charge in [-0.15, -0.1) is 11.3 Å². The molecule has 1 aliphatic rings. The number of nitrogens with zero attached hydrogens (tertiary/aromatic N) is 4. The van der Waals surface area contributed by atoms with Gasteiger partial charge in [-0.1, -0.05) is 12.1 Å². The molecule has 4 aromatic rings. The van der Waals surface area contributed by atoms with E-state index in [0.29, 0.717) is 27.2 Å². The van der Waals surface area contributed by atoms with Gasteiger partial charge in [0.1, 0.15) is 5.69 Å². The Kier molecular flexibility index (Phi) is 6.01. The first-order valence-electron chi connectivity index (χ1n) is 10.8. The minimum Gasteiger partial charge on any atom is -0.297 e. The number of likely N-dealkylation sites (tertiary alicyclic amines) is 1. The lowest BCUT2D eigenvalue weighted by molar-refractivity contribution is -0.137. The van der Waals surface area contributed by atoms with Gasteiger partial charge in [-0.3, -0.25) is 20.0 Å². The topological polar surface area (TPSA) is 71.0 Å². The van der Waals surface area contributed by atoms with E-state index in [1.807, 2.05) is 5.38 Å². The summed E-state index contributed by atoms with van der Waals surface area (Å²) in [6.07, 6.45) is 0.942. The van der Waals surface area contributed by atoms with Crippen LogP contribution < -0.4 is 5.32 Å². The van der Waals surface area contributed by atoms with E-state index in [4.69, 9.17) is 0 Å². The summed E-state index contributed by atoms with van der Waals surface area (Å²) >= 11 is 1.35. The normalized spacial score (nSPS) is 14.6. The number of nitrogens with one attached hydrogen (secondary N) is 1. The van der Waals surface area contributed by atoms with Crippen LogP contribution in [-0.4, -0.2) is 38.8 Å². The molecular formula is C24H20F3N5OS. The van der Waals surface area contributed by atoms with Crippen molar-refractivity contribution in [1.29, 1.82) is 0 Å². The quantitative estimate of drug-likeness (QED) is 0.399. The highest BCUT2D eigenvalue weighted by Crippen LogP contribution is 2.34. The summed E-state index contributed by atoms with van der Waals surface area (Å²) in [5.74, 6) is -0.434. The molecule has 0 unspecified atom stereocenters. The Morgan fingerprint density at radius 2 is 1.91 bits per heavy atom. The summed E-state index contributed by atoms with van der Waals surface area (Å²) in [7, 11) is 0. The van der Waals surface area contributed by atoms with Crippen LogP contribution in [0.25, 0.3) is 22.0 Å². The molecule has 0 atom stereocenters. The maximum atomic E-state index is 13.2. The minimum atomic E-state index is -4.46. The molecule has 0 radical (unpaired) electrons. The van der Waals surface area contributed by atoms with E-state index in [-0.39, 0.29) is 5.69 Å². The number of carbonyl (C=O) groups excluding carboxylic acids is 1. The van der Waals surface area contributed by atoms with Crippen LogP contribution in [0.15, 0.2) is 54.2 Å². The molecule has 1 N–H and O–H groups in total. The molecule has 34 heavy (non-hydrogen) atoms. The Bertz CT molecular complexity index is 1350. The molecule has 5 rings (SSSR count). The molecule has 6 nitrogen and oxygen atoms in total. The number of benzene rings is 1. The van der Waals surface area contributed by atoms with Crippen molar-refractivity contribution in [2.24, 2.45) is 0 Å². The fourth-order valence-electron chi connectivity index (χ4n) is 4.01. The van der Waals surface area contributed by atoms with Crippen molar-refractivity contribution in [1.82, 2.24) is 19.9 Å². The van der Waals surface area contributed by atoms with Gasteiger partial charge in [0.05, 0.1) is 16.8 Å². The number of amides is 1. The number of rotatable bonds is 5. The standard InChI is InChI=1S/C24H20F3N5OS/c25-24(26,27)17-5-3-4-15(10-17)19-12-28-11-16-6-7-20(30-21(16)19)22(33)31-23-29-18(14-34-23)13-32-8-1-2-9-32/h3-7,10-12,14H,1-2,8-9,13H2,(H,29,31,33). The number of hydrogen-bond acceptors (Lipinski definition) is 6. The first-order valence-corrected chi connectivity index (χ1v) is 11.7. The van der Waals surface area contributed by atoms with Gasteiger partial charge in [0, 0.05) is 35.3 Å². The van der Waals surface area contributed by atoms with Crippen LogP contribution in [-0.2, 0) is 12.7 Å². The van der Waals surface area contributed by atoms with Crippen molar-refractivity contribution < 1.29 is 18.0 Å². The van der Waals surface area contributed by atoms with Crippen molar-refractivity contribution in [3.05, 3.63) is 71.1 Å². The highest BCUT2D eigenvalue weighted by molar-refractivity contribution is 7.14. The second-order valence-corrected chi connectivity index (χ2v) is 8.97. The SMILES string of the molecule is O=C(Nc1nc(CN2CCCC2)cs1)c1ccc2cncc(-c3cccc(C(F)(F)F)c3)c2n1. The zero-order chi connectivity index (χ0) is 23.7. The lowest BCUT2D eigenvalue weighted by Crippen LogP contribution is -2.18. The molecule has 1 fully saturated rings. The number of anilines is 1. The van der Waals surface area contributed by atoms with E-state index in [1.165, 1.54) is 36.4 Å². The van der Waals surface area contributed by atoms with Crippen molar-refractivity contribution in [2.75, 3.05) is 18.4 Å². The number of hydrogen-bond donors (Lipinski definition) is 1. The van der Waals surface area contributed by atoms with Crippen LogP contribution in [0.2, 0.25) is 0 Å². The van der Waals surface area contributed by atoms with Crippen molar-refractivity contribution in [2.45, 2.75) is 25.6 Å². The van der Waals surface area contributed by atoms with Crippen molar-refractivity contribution in [3.63, 3.8) is 0 Å². The molecule has 1 aliphatic heterocycles. The Morgan fingerprint density at radius 3 is 2.71 bits per heavy atom. The largest absolute Gasteiger partial charge is 0.416 e. The molecular weight excluding hydrogens is 463 g/mol. The molecule has 1 amide bonds. The van der Waals surface area contributed by atoms with Crippen LogP contribution >= 0.6 is 11.3 Å². The summed E-state index contributed by atoms with van der Waals surface area (Å²) in [6, 6.07) is 8.23. The predicted molar refractivity (Wildman–Crippen MR) is 125 cm³/mol. The Hall–Kier alpha value is -3.37. The van der Waals surface area contributed by atoms with E-state index in [9.17, 15) is 18.0 Å². The maximum absolute atomic E-state index is 13.2. The third-order valence-corrected chi connectivity index (χ3v) is 6.50. The van der Waals surface area contributed by atoms with Gasteiger partial charge in [0.15, 0.2) is 5.13 Å². The first-order chi connectivity index (χ1) is 16.4. The summed E-state index contributed by atoms with van der Waals surface area (Å²) in [5.41, 5.74) is 1.43. The smallest absolute Gasteiger partial charge is 0.297 e. The summed E-state index contributed by atoms with van der Waals surface area (Å²) < 4.78 is 39.6. The van der Waals surface area contributed by atoms with E-state index in [2.05, 4.69) is 25.2 Å². The summed E-state index contributed by atoms with van der Waals surface area (Å²) in [6.45, 7) is 2.88. The van der Waals surface area contributed by atoms with E-state index in [1.54, 1.807) is 24.4 Å². The molecule has 0 saturated carbocycles. The number of aromatic nitrogens is 3. The number of halogens is 3. The van der Waals surface area contributed by atoms with Crippen LogP contribution in [0.4, 0.5) is 18.3 Å². The van der Waals surface area contributed by atoms with Gasteiger partial charge in [-0.2, -0.15) is 13.2 Å². The number of fused-ring (bicyclic) bond motifs is 1. The molecule has 0 bridgehead atoms. The van der Waals surface area contributed by atoms with E-state index >= 15 is 0 Å². The molecule has 0 aliphatic carbocycles. The second-order valence-electron chi connectivity index (χ2n) is 8.12. The van der Waals surface area contributed by atoms with Crippen molar-refractivity contribution >= 4 is 33.3 Å². The van der Waals surface area contributed by atoms with Crippen LogP contribution in [0.3, 0.4) is 0 Å². The van der Waals surface area contributed by atoms with Crippen LogP contribution in [0.1, 0.15) is 34.6 Å². The molecule has 4 heterocycles. The highest BCUT2D eigenvalue weighted by atomic mass is 32.1. The van der Waals surface area contributed by atoms with Gasteiger partial charge in [0.25, 0.3) is 5.91 Å². The monoisotopic (exact) mass is 483 g/mol. The van der Waals surface area contributed by atoms with Crippen molar-refractivity contribution in [3.8, 4) is 11.1 Å². The van der Waals surface area contributed by atoms with E-state index < -0.39 is 17.6 Å². The Balaban J connectivity index is 1.41. The van der Waals surface area contributed by atoms with E-state index in [0.717, 1.165) is 37.5 Å². The fraction of sp³-hybridized carbons (Fsp3) is 0.250. The van der Waals surface area contributed by atoms with Gasteiger partial charge in [-0.05, 0) is 55.8 Å². The predicted octanol–water partition coefficient (Wildman–Crippen LogP) is 5.62. The van der Waals surface area contributed by atoms with Gasteiger partial charge in [0.2, 0.25) is 0 Å². The summed E-state index contributed by atoms with van der Waals surface area (Å²) in [4.78, 5) is 28.3. The zero-order valence-electron chi connectivity index (χ0n) is 18.0. The number of carbonyl (C=O) groups is 1. The molecule has 174 valence electrons. The number of pyridine rings is 2. The molecule has 10 heteroatoms. The minimum absolute atomic E-state index is 0.142. The van der Waals surface area contributed by atoms with Gasteiger partial charge < -0.3 is 0 Å². The lowest BCUT2D eigenvalue weighted by atomic mass is 10.0. The maximum Gasteiger partial charge on any atom is 0.416 e. The molecule has 3 aromatic heterocycles. The molecule has 1 saturated heterocycles. The third kappa shape index (κ3) is 4.78. The Labute approximate surface area is 197 Å². The third-order valence-electron chi connectivity index (χ3n) is 5.69. The number of thiazole rings is 1. The average Bonchev–Trinajstić information content (AvgIpc) is 3.50. The van der Waals surface area contributed by atoms with Gasteiger partial charge in [-0.25, -0.2) is 9.97 Å². The number of alkyl halides is 3. The van der Waals surface area contributed by atoms with Crippen LogP contribution in [0, 0.1) is 0 Å². The average molecular weight is 484 g/mol. The Morgan fingerprint density at radius 1 is 1.09 bits per heavy atom.